The standard InChI is InChI=1S/C14H19Cl2NO3S/c1-3-5-10(6-4-2)14(18)17-13-8-7-11(9-12(13)15)21(16,19)20/h7-10H,3-6H2,1-2H3,(H,17,18). The number of anilines is 1. The molecule has 0 aliphatic rings. The second kappa shape index (κ2) is 8.01. The van der Waals surface area contributed by atoms with Gasteiger partial charge in [-0.15, -0.1) is 0 Å². The predicted molar refractivity (Wildman–Crippen MR) is 86.4 cm³/mol. The third kappa shape index (κ3) is 5.49. The zero-order valence-corrected chi connectivity index (χ0v) is 14.4. The van der Waals surface area contributed by atoms with Gasteiger partial charge < -0.3 is 5.32 Å². The molecule has 1 N–H and O–H groups in total. The first-order valence-corrected chi connectivity index (χ1v) is 9.53. The Morgan fingerprint density at radius 3 is 2.24 bits per heavy atom. The number of rotatable bonds is 7. The van der Waals surface area contributed by atoms with Crippen LogP contribution in [0.4, 0.5) is 5.69 Å². The third-order valence-electron chi connectivity index (χ3n) is 3.13. The molecule has 0 saturated carbocycles. The number of amides is 1. The monoisotopic (exact) mass is 351 g/mol. The molecule has 118 valence electrons. The number of carbonyl (C=O) groups excluding carboxylic acids is 1. The van der Waals surface area contributed by atoms with Crippen LogP contribution in [0.5, 0.6) is 0 Å². The minimum absolute atomic E-state index is 0.0625. The fraction of sp³-hybridized carbons (Fsp3) is 0.500. The molecule has 1 aromatic carbocycles. The summed E-state index contributed by atoms with van der Waals surface area (Å²) in [5.41, 5.74) is 0.392. The summed E-state index contributed by atoms with van der Waals surface area (Å²) in [7, 11) is 1.42. The van der Waals surface area contributed by atoms with Gasteiger partial charge in [0.05, 0.1) is 15.6 Å². The zero-order valence-electron chi connectivity index (χ0n) is 12.0. The van der Waals surface area contributed by atoms with Crippen molar-refractivity contribution in [2.75, 3.05) is 5.32 Å². The van der Waals surface area contributed by atoms with E-state index < -0.39 is 9.05 Å². The van der Waals surface area contributed by atoms with Gasteiger partial charge in [-0.1, -0.05) is 38.3 Å². The summed E-state index contributed by atoms with van der Waals surface area (Å²) in [5, 5.41) is 2.90. The lowest BCUT2D eigenvalue weighted by atomic mass is 9.97. The molecule has 0 spiro atoms. The second-order valence-corrected chi connectivity index (χ2v) is 7.82. The zero-order chi connectivity index (χ0) is 16.0. The molecule has 4 nitrogen and oxygen atoms in total. The van der Waals surface area contributed by atoms with Crippen molar-refractivity contribution in [2.45, 2.75) is 44.4 Å². The molecular weight excluding hydrogens is 333 g/mol. The minimum Gasteiger partial charge on any atom is -0.325 e. The van der Waals surface area contributed by atoms with Crippen LogP contribution in [0, 0.1) is 5.92 Å². The van der Waals surface area contributed by atoms with Crippen LogP contribution in [-0.2, 0) is 13.8 Å². The SMILES string of the molecule is CCCC(CCC)C(=O)Nc1ccc(S(=O)(=O)Cl)cc1Cl. The van der Waals surface area contributed by atoms with E-state index in [9.17, 15) is 13.2 Å². The van der Waals surface area contributed by atoms with Gasteiger partial charge in [0.2, 0.25) is 5.91 Å². The summed E-state index contributed by atoms with van der Waals surface area (Å²) in [4.78, 5) is 12.1. The van der Waals surface area contributed by atoms with Gasteiger partial charge in [-0.3, -0.25) is 4.79 Å². The van der Waals surface area contributed by atoms with Crippen molar-refractivity contribution in [1.29, 1.82) is 0 Å². The molecular formula is C14H19Cl2NO3S. The van der Waals surface area contributed by atoms with E-state index in [-0.39, 0.29) is 21.7 Å². The van der Waals surface area contributed by atoms with E-state index in [0.29, 0.717) is 5.69 Å². The predicted octanol–water partition coefficient (Wildman–Crippen LogP) is 4.42. The van der Waals surface area contributed by atoms with Crippen molar-refractivity contribution < 1.29 is 13.2 Å². The van der Waals surface area contributed by atoms with E-state index in [1.54, 1.807) is 0 Å². The lowest BCUT2D eigenvalue weighted by Crippen LogP contribution is -2.22. The lowest BCUT2D eigenvalue weighted by Gasteiger charge is -2.16. The first-order chi connectivity index (χ1) is 9.79. The molecule has 0 unspecified atom stereocenters. The molecule has 0 heterocycles. The van der Waals surface area contributed by atoms with E-state index in [1.807, 2.05) is 13.8 Å². The van der Waals surface area contributed by atoms with Crippen LogP contribution in [-0.4, -0.2) is 14.3 Å². The van der Waals surface area contributed by atoms with E-state index in [1.165, 1.54) is 18.2 Å². The number of hydrogen-bond acceptors (Lipinski definition) is 3. The summed E-state index contributed by atoms with van der Waals surface area (Å²) in [6.45, 7) is 4.06. The van der Waals surface area contributed by atoms with Crippen molar-refractivity contribution in [3.8, 4) is 0 Å². The van der Waals surface area contributed by atoms with Crippen LogP contribution >= 0.6 is 22.3 Å². The van der Waals surface area contributed by atoms with Gasteiger partial charge in [0.1, 0.15) is 0 Å². The van der Waals surface area contributed by atoms with E-state index in [0.717, 1.165) is 25.7 Å². The molecule has 0 radical (unpaired) electrons. The molecule has 1 aromatic rings. The highest BCUT2D eigenvalue weighted by Gasteiger charge is 2.18. The van der Waals surface area contributed by atoms with Gasteiger partial charge in [-0.2, -0.15) is 0 Å². The maximum atomic E-state index is 12.2. The quantitative estimate of drug-likeness (QED) is 0.739. The lowest BCUT2D eigenvalue weighted by molar-refractivity contribution is -0.120. The average Bonchev–Trinajstić information content (AvgIpc) is 2.39. The molecule has 0 saturated heterocycles. The Morgan fingerprint density at radius 1 is 1.24 bits per heavy atom. The maximum Gasteiger partial charge on any atom is 0.261 e. The first-order valence-electron chi connectivity index (χ1n) is 6.84. The second-order valence-electron chi connectivity index (χ2n) is 4.84. The molecule has 1 amide bonds. The summed E-state index contributed by atoms with van der Waals surface area (Å²) in [6.07, 6.45) is 3.47. The number of carbonyl (C=O) groups is 1. The van der Waals surface area contributed by atoms with Gasteiger partial charge in [-0.05, 0) is 31.0 Å². The Bertz CT molecular complexity index is 596. The first kappa shape index (κ1) is 18.3. The summed E-state index contributed by atoms with van der Waals surface area (Å²) >= 11 is 6.00. The van der Waals surface area contributed by atoms with Crippen LogP contribution in [0.1, 0.15) is 39.5 Å². The Kier molecular flexibility index (Phi) is 6.97. The minimum atomic E-state index is -3.83. The van der Waals surface area contributed by atoms with Crippen molar-refractivity contribution in [3.63, 3.8) is 0 Å². The highest BCUT2D eigenvalue weighted by atomic mass is 35.7. The Labute approximate surface area is 135 Å². The average molecular weight is 352 g/mol. The maximum absolute atomic E-state index is 12.2. The van der Waals surface area contributed by atoms with Crippen LogP contribution in [0.25, 0.3) is 0 Å². The van der Waals surface area contributed by atoms with Crippen LogP contribution in [0.3, 0.4) is 0 Å². The van der Waals surface area contributed by atoms with E-state index in [2.05, 4.69) is 5.32 Å². The molecule has 0 aliphatic heterocycles. The van der Waals surface area contributed by atoms with E-state index in [4.69, 9.17) is 22.3 Å². The number of nitrogens with one attached hydrogen (secondary N) is 1. The highest BCUT2D eigenvalue weighted by Crippen LogP contribution is 2.28. The fourth-order valence-electron chi connectivity index (χ4n) is 2.09. The molecule has 0 fully saturated rings. The van der Waals surface area contributed by atoms with Crippen molar-refractivity contribution >= 4 is 42.9 Å². The van der Waals surface area contributed by atoms with Crippen molar-refractivity contribution in [1.82, 2.24) is 0 Å². The fourth-order valence-corrected chi connectivity index (χ4v) is 3.16. The van der Waals surface area contributed by atoms with Gasteiger partial charge in [0.15, 0.2) is 0 Å². The number of hydrogen-bond donors (Lipinski definition) is 1. The molecule has 0 aliphatic carbocycles. The highest BCUT2D eigenvalue weighted by molar-refractivity contribution is 8.13. The van der Waals surface area contributed by atoms with Crippen molar-refractivity contribution in [2.24, 2.45) is 5.92 Å². The smallest absolute Gasteiger partial charge is 0.261 e. The third-order valence-corrected chi connectivity index (χ3v) is 4.79. The van der Waals surface area contributed by atoms with Gasteiger partial charge >= 0.3 is 0 Å². The molecule has 0 bridgehead atoms. The largest absolute Gasteiger partial charge is 0.325 e. The molecule has 21 heavy (non-hydrogen) atoms. The summed E-state index contributed by atoms with van der Waals surface area (Å²) in [5.74, 6) is -0.158. The molecule has 0 aromatic heterocycles. The van der Waals surface area contributed by atoms with Gasteiger partial charge in [0.25, 0.3) is 9.05 Å². The Balaban J connectivity index is 2.90. The topological polar surface area (TPSA) is 63.2 Å². The van der Waals surface area contributed by atoms with Gasteiger partial charge in [-0.25, -0.2) is 8.42 Å². The van der Waals surface area contributed by atoms with Crippen LogP contribution in [0.15, 0.2) is 23.1 Å². The Hall–Kier alpha value is -0.780. The summed E-state index contributed by atoms with van der Waals surface area (Å²) < 4.78 is 22.4. The van der Waals surface area contributed by atoms with E-state index >= 15 is 0 Å². The summed E-state index contributed by atoms with van der Waals surface area (Å²) in [6, 6.07) is 4.00. The normalized spacial score (nSPS) is 11.7. The molecule has 1 rings (SSSR count). The number of halogens is 2. The van der Waals surface area contributed by atoms with Crippen LogP contribution in [0.2, 0.25) is 5.02 Å². The Morgan fingerprint density at radius 2 is 1.81 bits per heavy atom. The van der Waals surface area contributed by atoms with Crippen LogP contribution < -0.4 is 5.32 Å². The molecule has 7 heteroatoms. The van der Waals surface area contributed by atoms with Crippen molar-refractivity contribution in [3.05, 3.63) is 23.2 Å². The number of benzene rings is 1. The molecule has 0 atom stereocenters. The van der Waals surface area contributed by atoms with Gasteiger partial charge in [0, 0.05) is 16.6 Å².